The third-order valence-corrected chi connectivity index (χ3v) is 5.57. The Bertz CT molecular complexity index is 1020. The number of benzene rings is 1. The monoisotopic (exact) mass is 386 g/mol. The minimum absolute atomic E-state index is 0.172. The molecule has 0 radical (unpaired) electrons. The molecule has 3 heterocycles. The van der Waals surface area contributed by atoms with E-state index in [1.54, 1.807) is 41.7 Å². The van der Waals surface area contributed by atoms with Gasteiger partial charge in [-0.3, -0.25) is 19.6 Å². The molecule has 1 aromatic carbocycles. The fourth-order valence-corrected chi connectivity index (χ4v) is 3.97. The maximum Gasteiger partial charge on any atom is 0.272 e. The van der Waals surface area contributed by atoms with Crippen molar-refractivity contribution in [3.8, 4) is 11.1 Å². The summed E-state index contributed by atoms with van der Waals surface area (Å²) in [6.45, 7) is 0.770. The first-order valence-corrected chi connectivity index (χ1v) is 9.58. The Morgan fingerprint density at radius 3 is 2.59 bits per heavy atom. The Hall–Kier alpha value is -3.54. The molecule has 1 fully saturated rings. The second-order valence-corrected chi connectivity index (χ2v) is 7.41. The molecule has 2 aromatic heterocycles. The number of likely N-dealkylation sites (tertiary alicyclic amines) is 1. The molecule has 1 saturated heterocycles. The summed E-state index contributed by atoms with van der Waals surface area (Å²) in [4.78, 5) is 35.4. The Morgan fingerprint density at radius 1 is 1.03 bits per heavy atom. The number of hydrogen-bond donors (Lipinski definition) is 1. The van der Waals surface area contributed by atoms with Crippen LogP contribution in [0.4, 0.5) is 0 Å². The first-order valence-electron chi connectivity index (χ1n) is 9.58. The van der Waals surface area contributed by atoms with Crippen LogP contribution in [0, 0.1) is 5.41 Å². The normalized spacial score (nSPS) is 18.6. The molecule has 2 N–H and O–H groups in total. The molecule has 2 amide bonds. The predicted octanol–water partition coefficient (Wildman–Crippen LogP) is 2.70. The quantitative estimate of drug-likeness (QED) is 0.730. The molecule has 0 unspecified atom stereocenters. The van der Waals surface area contributed by atoms with Gasteiger partial charge in [-0.1, -0.05) is 36.4 Å². The van der Waals surface area contributed by atoms with E-state index in [9.17, 15) is 9.59 Å². The predicted molar refractivity (Wildman–Crippen MR) is 110 cm³/mol. The Morgan fingerprint density at radius 2 is 1.86 bits per heavy atom. The first kappa shape index (κ1) is 18.8. The Labute approximate surface area is 169 Å². The van der Waals surface area contributed by atoms with E-state index in [0.717, 1.165) is 16.7 Å². The summed E-state index contributed by atoms with van der Waals surface area (Å²) in [6, 6.07) is 17.1. The molecule has 1 aliphatic rings. The molecule has 6 nitrogen and oxygen atoms in total. The molecule has 6 heteroatoms. The lowest BCUT2D eigenvalue weighted by Gasteiger charge is -2.27. The minimum Gasteiger partial charge on any atom is -0.369 e. The molecular formula is C23H22N4O2. The maximum atomic E-state index is 12.8. The highest BCUT2D eigenvalue weighted by molar-refractivity contribution is 5.93. The number of nitrogens with two attached hydrogens (primary N) is 1. The first-order chi connectivity index (χ1) is 14.1. The summed E-state index contributed by atoms with van der Waals surface area (Å²) >= 11 is 0. The average Bonchev–Trinajstić information content (AvgIpc) is 3.20. The van der Waals surface area contributed by atoms with Crippen molar-refractivity contribution in [1.82, 2.24) is 14.9 Å². The zero-order chi connectivity index (χ0) is 20.3. The van der Waals surface area contributed by atoms with Crippen LogP contribution in [0.15, 0.2) is 73.2 Å². The number of carbonyl (C=O) groups is 2. The molecule has 0 saturated carbocycles. The van der Waals surface area contributed by atoms with Crippen LogP contribution in [0.1, 0.15) is 22.5 Å². The van der Waals surface area contributed by atoms with Crippen LogP contribution in [-0.4, -0.2) is 39.8 Å². The van der Waals surface area contributed by atoms with Crippen molar-refractivity contribution < 1.29 is 9.59 Å². The molecule has 0 aliphatic carbocycles. The second-order valence-electron chi connectivity index (χ2n) is 7.41. The molecule has 4 rings (SSSR count). The summed E-state index contributed by atoms with van der Waals surface area (Å²) in [5, 5.41) is 0. The Balaban J connectivity index is 1.62. The highest BCUT2D eigenvalue weighted by atomic mass is 16.2. The maximum absolute atomic E-state index is 12.8. The number of hydrogen-bond acceptors (Lipinski definition) is 4. The molecule has 146 valence electrons. The lowest BCUT2D eigenvalue weighted by atomic mass is 9.78. The van der Waals surface area contributed by atoms with Crippen molar-refractivity contribution >= 4 is 11.8 Å². The molecule has 1 aliphatic heterocycles. The van der Waals surface area contributed by atoms with E-state index in [4.69, 9.17) is 5.73 Å². The second kappa shape index (κ2) is 7.83. The summed E-state index contributed by atoms with van der Waals surface area (Å²) in [7, 11) is 0. The van der Waals surface area contributed by atoms with Gasteiger partial charge in [-0.05, 0) is 42.2 Å². The van der Waals surface area contributed by atoms with E-state index in [1.165, 1.54) is 0 Å². The largest absolute Gasteiger partial charge is 0.369 e. The molecule has 0 bridgehead atoms. The van der Waals surface area contributed by atoms with Crippen molar-refractivity contribution in [3.63, 3.8) is 0 Å². The van der Waals surface area contributed by atoms with Gasteiger partial charge < -0.3 is 10.6 Å². The molecule has 3 aromatic rings. The van der Waals surface area contributed by atoms with Gasteiger partial charge in [0.15, 0.2) is 0 Å². The SMILES string of the molecule is NC(=O)[C@]1(Cc2ccccc2-c2cccnc2)CCN(C(=O)c2ccccn2)C1. The number of nitrogens with zero attached hydrogens (tertiary/aromatic N) is 3. The average molecular weight is 386 g/mol. The number of pyridine rings is 2. The van der Waals surface area contributed by atoms with E-state index in [-0.39, 0.29) is 11.8 Å². The van der Waals surface area contributed by atoms with Crippen molar-refractivity contribution in [3.05, 3.63) is 84.4 Å². The van der Waals surface area contributed by atoms with E-state index in [2.05, 4.69) is 9.97 Å². The van der Waals surface area contributed by atoms with Crippen LogP contribution in [0.5, 0.6) is 0 Å². The number of carbonyl (C=O) groups excluding carboxylic acids is 2. The summed E-state index contributed by atoms with van der Waals surface area (Å²) in [6.07, 6.45) is 6.13. The highest BCUT2D eigenvalue weighted by Crippen LogP contribution is 2.37. The van der Waals surface area contributed by atoms with E-state index in [0.29, 0.717) is 31.6 Å². The zero-order valence-corrected chi connectivity index (χ0v) is 16.0. The number of aromatic nitrogens is 2. The van der Waals surface area contributed by atoms with Crippen molar-refractivity contribution in [2.45, 2.75) is 12.8 Å². The van der Waals surface area contributed by atoms with Crippen LogP contribution in [0.2, 0.25) is 0 Å². The lowest BCUT2D eigenvalue weighted by molar-refractivity contribution is -0.126. The molecule has 29 heavy (non-hydrogen) atoms. The summed E-state index contributed by atoms with van der Waals surface area (Å²) in [5.74, 6) is -0.552. The van der Waals surface area contributed by atoms with Gasteiger partial charge in [-0.2, -0.15) is 0 Å². The minimum atomic E-state index is -0.803. The van der Waals surface area contributed by atoms with E-state index >= 15 is 0 Å². The van der Waals surface area contributed by atoms with Crippen LogP contribution in [-0.2, 0) is 11.2 Å². The van der Waals surface area contributed by atoms with Gasteiger partial charge in [0, 0.05) is 37.2 Å². The van der Waals surface area contributed by atoms with Gasteiger partial charge in [0.05, 0.1) is 5.41 Å². The molecule has 1 atom stereocenters. The van der Waals surface area contributed by atoms with Gasteiger partial charge >= 0.3 is 0 Å². The number of amides is 2. The topological polar surface area (TPSA) is 89.2 Å². The van der Waals surface area contributed by atoms with Crippen LogP contribution in [0.3, 0.4) is 0 Å². The van der Waals surface area contributed by atoms with Crippen LogP contribution in [0.25, 0.3) is 11.1 Å². The third-order valence-electron chi connectivity index (χ3n) is 5.57. The zero-order valence-electron chi connectivity index (χ0n) is 16.0. The van der Waals surface area contributed by atoms with Crippen molar-refractivity contribution in [2.24, 2.45) is 11.1 Å². The fraction of sp³-hybridized carbons (Fsp3) is 0.217. The van der Waals surface area contributed by atoms with Crippen molar-refractivity contribution in [2.75, 3.05) is 13.1 Å². The van der Waals surface area contributed by atoms with E-state index in [1.807, 2.05) is 36.4 Å². The third kappa shape index (κ3) is 3.74. The summed E-state index contributed by atoms with van der Waals surface area (Å²) < 4.78 is 0. The van der Waals surface area contributed by atoms with Crippen LogP contribution < -0.4 is 5.73 Å². The van der Waals surface area contributed by atoms with Crippen LogP contribution >= 0.6 is 0 Å². The van der Waals surface area contributed by atoms with Gasteiger partial charge in [0.1, 0.15) is 5.69 Å². The molecule has 0 spiro atoms. The van der Waals surface area contributed by atoms with Gasteiger partial charge in [0.25, 0.3) is 5.91 Å². The fourth-order valence-electron chi connectivity index (χ4n) is 3.97. The van der Waals surface area contributed by atoms with Gasteiger partial charge in [-0.15, -0.1) is 0 Å². The highest BCUT2D eigenvalue weighted by Gasteiger charge is 2.45. The lowest BCUT2D eigenvalue weighted by Crippen LogP contribution is -2.42. The van der Waals surface area contributed by atoms with Gasteiger partial charge in [0.2, 0.25) is 5.91 Å². The number of primary amides is 1. The van der Waals surface area contributed by atoms with Crippen molar-refractivity contribution in [1.29, 1.82) is 0 Å². The smallest absolute Gasteiger partial charge is 0.272 e. The van der Waals surface area contributed by atoms with E-state index < -0.39 is 5.41 Å². The standard InChI is InChI=1S/C23H22N4O2/c24-22(29)23(10-13-27(16-23)21(28)20-9-3-4-12-26-20)14-17-6-1-2-8-19(17)18-7-5-11-25-15-18/h1-9,11-12,15H,10,13-14,16H2,(H2,24,29)/t23-/m0/s1. The molecular weight excluding hydrogens is 364 g/mol. The Kier molecular flexibility index (Phi) is 5.08. The summed E-state index contributed by atoms with van der Waals surface area (Å²) in [5.41, 5.74) is 8.47. The number of rotatable bonds is 5. The van der Waals surface area contributed by atoms with Gasteiger partial charge in [-0.25, -0.2) is 0 Å².